The zero-order valence-corrected chi connectivity index (χ0v) is 11.1. The summed E-state index contributed by atoms with van der Waals surface area (Å²) in [5, 5.41) is 0. The number of ketones is 1. The lowest BCUT2D eigenvalue weighted by Gasteiger charge is -2.04. The van der Waals surface area contributed by atoms with Gasteiger partial charge in [0.1, 0.15) is 0 Å². The number of hydrogen-bond donors (Lipinski definition) is 0. The summed E-state index contributed by atoms with van der Waals surface area (Å²) in [4.78, 5) is 12.9. The third-order valence-corrected chi connectivity index (χ3v) is 3.67. The number of halogens is 2. The fourth-order valence-corrected chi connectivity index (χ4v) is 2.63. The van der Waals surface area contributed by atoms with Crippen molar-refractivity contribution in [1.29, 1.82) is 0 Å². The Morgan fingerprint density at radius 3 is 2.78 bits per heavy atom. The maximum Gasteiger partial charge on any atom is 0.168 e. The first-order valence-electron chi connectivity index (χ1n) is 5.21. The van der Waals surface area contributed by atoms with Gasteiger partial charge in [0, 0.05) is 16.9 Å². The number of rotatable bonds is 4. The topological polar surface area (TPSA) is 26.3 Å². The van der Waals surface area contributed by atoms with Crippen LogP contribution in [0, 0.1) is 5.82 Å². The zero-order valence-electron chi connectivity index (χ0n) is 9.57. The number of thiophene rings is 1. The molecule has 0 unspecified atom stereocenters. The van der Waals surface area contributed by atoms with Crippen LogP contribution in [0.3, 0.4) is 0 Å². The van der Waals surface area contributed by atoms with E-state index in [9.17, 15) is 9.18 Å². The van der Waals surface area contributed by atoms with Crippen molar-refractivity contribution in [1.82, 2.24) is 0 Å². The van der Waals surface area contributed by atoms with E-state index in [2.05, 4.69) is 0 Å². The summed E-state index contributed by atoms with van der Waals surface area (Å²) in [5.74, 6) is -0.495. The molecule has 0 amide bonds. The van der Waals surface area contributed by atoms with Crippen molar-refractivity contribution in [3.05, 3.63) is 50.9 Å². The van der Waals surface area contributed by atoms with Gasteiger partial charge in [-0.15, -0.1) is 11.3 Å². The average Bonchev–Trinajstić information content (AvgIpc) is 2.75. The monoisotopic (exact) mass is 284 g/mol. The minimum atomic E-state index is -0.479. The van der Waals surface area contributed by atoms with Crippen molar-refractivity contribution in [3.8, 4) is 5.75 Å². The Labute approximate surface area is 113 Å². The Balaban J connectivity index is 2.18. The SMILES string of the molecule is COc1cc(C(=O)Cc2ccc(Cl)s2)ccc1F. The van der Waals surface area contributed by atoms with Gasteiger partial charge >= 0.3 is 0 Å². The van der Waals surface area contributed by atoms with Crippen LogP contribution in [0.1, 0.15) is 15.2 Å². The molecule has 1 aromatic heterocycles. The van der Waals surface area contributed by atoms with E-state index in [0.29, 0.717) is 9.90 Å². The van der Waals surface area contributed by atoms with E-state index in [0.717, 1.165) is 4.88 Å². The molecule has 94 valence electrons. The van der Waals surface area contributed by atoms with E-state index >= 15 is 0 Å². The van der Waals surface area contributed by atoms with E-state index in [1.807, 2.05) is 6.07 Å². The summed E-state index contributed by atoms with van der Waals surface area (Å²) < 4.78 is 18.7. The summed E-state index contributed by atoms with van der Waals surface area (Å²) >= 11 is 7.16. The first-order valence-corrected chi connectivity index (χ1v) is 6.40. The van der Waals surface area contributed by atoms with Crippen molar-refractivity contribution >= 4 is 28.7 Å². The molecule has 2 rings (SSSR count). The second-order valence-electron chi connectivity index (χ2n) is 3.66. The van der Waals surface area contributed by atoms with Gasteiger partial charge in [-0.3, -0.25) is 4.79 Å². The molecule has 0 bridgehead atoms. The van der Waals surface area contributed by atoms with Crippen LogP contribution >= 0.6 is 22.9 Å². The molecule has 0 aliphatic heterocycles. The zero-order chi connectivity index (χ0) is 13.1. The Bertz CT molecular complexity index is 580. The number of Topliss-reactive ketones (excluding diaryl/α,β-unsaturated/α-hetero) is 1. The summed E-state index contributed by atoms with van der Waals surface area (Å²) in [6, 6.07) is 7.65. The van der Waals surface area contributed by atoms with Crippen LogP contribution in [0.25, 0.3) is 0 Å². The van der Waals surface area contributed by atoms with Crippen molar-refractivity contribution in [2.24, 2.45) is 0 Å². The molecule has 1 aromatic carbocycles. The van der Waals surface area contributed by atoms with Crippen LogP contribution in [0.15, 0.2) is 30.3 Å². The highest BCUT2D eigenvalue weighted by molar-refractivity contribution is 7.16. The lowest BCUT2D eigenvalue weighted by atomic mass is 10.1. The van der Waals surface area contributed by atoms with E-state index in [-0.39, 0.29) is 18.0 Å². The predicted molar refractivity (Wildman–Crippen MR) is 70.3 cm³/mol. The third-order valence-electron chi connectivity index (χ3n) is 2.44. The molecule has 0 saturated carbocycles. The molecule has 0 aliphatic rings. The van der Waals surface area contributed by atoms with Crippen molar-refractivity contribution < 1.29 is 13.9 Å². The van der Waals surface area contributed by atoms with E-state index in [1.165, 1.54) is 36.6 Å². The highest BCUT2D eigenvalue weighted by Crippen LogP contribution is 2.24. The average molecular weight is 285 g/mol. The number of methoxy groups -OCH3 is 1. The second kappa shape index (κ2) is 5.50. The molecule has 0 radical (unpaired) electrons. The molecule has 0 atom stereocenters. The van der Waals surface area contributed by atoms with Crippen LogP contribution < -0.4 is 4.74 Å². The molecule has 18 heavy (non-hydrogen) atoms. The molecule has 0 fully saturated rings. The Morgan fingerprint density at radius 2 is 2.17 bits per heavy atom. The van der Waals surface area contributed by atoms with E-state index in [4.69, 9.17) is 16.3 Å². The van der Waals surface area contributed by atoms with Crippen molar-refractivity contribution in [3.63, 3.8) is 0 Å². The third kappa shape index (κ3) is 2.89. The van der Waals surface area contributed by atoms with Crippen LogP contribution in [0.5, 0.6) is 5.75 Å². The Morgan fingerprint density at radius 1 is 1.39 bits per heavy atom. The molecule has 1 heterocycles. The molecular weight excluding hydrogens is 275 g/mol. The smallest absolute Gasteiger partial charge is 0.168 e. The fourth-order valence-electron chi connectivity index (χ4n) is 1.54. The standard InChI is InChI=1S/C13H10ClFO2S/c1-17-12-6-8(2-4-10(12)15)11(16)7-9-3-5-13(14)18-9/h2-6H,7H2,1H3. The van der Waals surface area contributed by atoms with Crippen LogP contribution in [0.2, 0.25) is 4.34 Å². The molecule has 2 aromatic rings. The molecule has 0 saturated heterocycles. The van der Waals surface area contributed by atoms with E-state index in [1.54, 1.807) is 6.07 Å². The van der Waals surface area contributed by atoms with Gasteiger partial charge in [-0.1, -0.05) is 11.6 Å². The number of benzene rings is 1. The Kier molecular flexibility index (Phi) is 3.99. The minimum absolute atomic E-state index is 0.0741. The normalized spacial score (nSPS) is 10.4. The maximum atomic E-state index is 13.2. The van der Waals surface area contributed by atoms with Gasteiger partial charge in [-0.05, 0) is 30.3 Å². The quantitative estimate of drug-likeness (QED) is 0.794. The van der Waals surface area contributed by atoms with Crippen LogP contribution in [-0.4, -0.2) is 12.9 Å². The van der Waals surface area contributed by atoms with Crippen molar-refractivity contribution in [2.45, 2.75) is 6.42 Å². The maximum absolute atomic E-state index is 13.2. The van der Waals surface area contributed by atoms with Crippen LogP contribution in [0.4, 0.5) is 4.39 Å². The second-order valence-corrected chi connectivity index (χ2v) is 5.45. The van der Waals surface area contributed by atoms with Gasteiger partial charge in [0.15, 0.2) is 17.3 Å². The number of hydrogen-bond acceptors (Lipinski definition) is 3. The lowest BCUT2D eigenvalue weighted by Crippen LogP contribution is -2.03. The number of carbonyl (C=O) groups is 1. The molecule has 0 spiro atoms. The minimum Gasteiger partial charge on any atom is -0.494 e. The van der Waals surface area contributed by atoms with Gasteiger partial charge in [0.05, 0.1) is 11.4 Å². The number of ether oxygens (including phenoxy) is 1. The summed E-state index contributed by atoms with van der Waals surface area (Å²) in [5.41, 5.74) is 0.428. The van der Waals surface area contributed by atoms with E-state index < -0.39 is 5.82 Å². The summed E-state index contributed by atoms with van der Waals surface area (Å²) in [6.07, 6.45) is 0.256. The van der Waals surface area contributed by atoms with Crippen molar-refractivity contribution in [2.75, 3.05) is 7.11 Å². The highest BCUT2D eigenvalue weighted by Gasteiger charge is 2.12. The first kappa shape index (κ1) is 13.1. The first-order chi connectivity index (χ1) is 8.60. The lowest BCUT2D eigenvalue weighted by molar-refractivity contribution is 0.0993. The summed E-state index contributed by atoms with van der Waals surface area (Å²) in [6.45, 7) is 0. The van der Waals surface area contributed by atoms with Gasteiger partial charge in [-0.25, -0.2) is 4.39 Å². The fraction of sp³-hybridized carbons (Fsp3) is 0.154. The molecule has 2 nitrogen and oxygen atoms in total. The molecular formula is C13H10ClFO2S. The van der Waals surface area contributed by atoms with Gasteiger partial charge in [0.25, 0.3) is 0 Å². The predicted octanol–water partition coefficient (Wildman–Crippen LogP) is 3.97. The highest BCUT2D eigenvalue weighted by atomic mass is 35.5. The largest absolute Gasteiger partial charge is 0.494 e. The molecule has 0 aliphatic carbocycles. The van der Waals surface area contributed by atoms with Crippen LogP contribution in [-0.2, 0) is 6.42 Å². The molecule has 0 N–H and O–H groups in total. The summed E-state index contributed by atoms with van der Waals surface area (Å²) in [7, 11) is 1.37. The number of carbonyl (C=O) groups excluding carboxylic acids is 1. The van der Waals surface area contributed by atoms with Gasteiger partial charge < -0.3 is 4.74 Å². The Hall–Kier alpha value is -1.39. The van der Waals surface area contributed by atoms with Gasteiger partial charge in [0.2, 0.25) is 0 Å². The van der Waals surface area contributed by atoms with Gasteiger partial charge in [-0.2, -0.15) is 0 Å². The molecule has 5 heteroatoms.